The molecule has 24 heavy (non-hydrogen) atoms. The summed E-state index contributed by atoms with van der Waals surface area (Å²) in [6.07, 6.45) is 1.60. The molecule has 0 bridgehead atoms. The average Bonchev–Trinajstić information content (AvgIpc) is 3.08. The Morgan fingerprint density at radius 1 is 1.42 bits per heavy atom. The number of thioether (sulfide) groups is 1. The smallest absolute Gasteiger partial charge is 0.318 e. The second kappa shape index (κ2) is 7.52. The lowest BCUT2D eigenvalue weighted by atomic mass is 10.1. The molecule has 0 aromatic carbocycles. The number of nitrogens with two attached hydrogens (primary N) is 1. The number of urea groups is 1. The van der Waals surface area contributed by atoms with Crippen LogP contribution in [0, 0.1) is 12.8 Å². The number of carbonyl (C=O) groups excluding carboxylic acids is 2. The number of rotatable bonds is 6. The Hall–Kier alpha value is -2.29. The molecule has 2 rings (SSSR count). The van der Waals surface area contributed by atoms with Gasteiger partial charge in [-0.2, -0.15) is 0 Å². The van der Waals surface area contributed by atoms with Crippen molar-refractivity contribution in [3.8, 4) is 11.4 Å². The van der Waals surface area contributed by atoms with Crippen molar-refractivity contribution in [1.82, 2.24) is 20.1 Å². The standard InChI is InChI=1S/C15H21N5O3S/c1-5-20-12(10-6-7-23-9(10)4)18-19-15(20)24-11(8(2)3)13(21)17-14(16)22/h6-8,11H,5H2,1-4H3,(H3,16,17,21,22)/t11-/m1/s1. The predicted molar refractivity (Wildman–Crippen MR) is 90.3 cm³/mol. The number of amides is 3. The van der Waals surface area contributed by atoms with E-state index in [0.717, 1.165) is 11.3 Å². The Morgan fingerprint density at radius 2 is 2.12 bits per heavy atom. The van der Waals surface area contributed by atoms with Crippen molar-refractivity contribution in [3.05, 3.63) is 18.1 Å². The van der Waals surface area contributed by atoms with Crippen LogP contribution >= 0.6 is 11.8 Å². The predicted octanol–water partition coefficient (Wildman–Crippen LogP) is 2.18. The van der Waals surface area contributed by atoms with Gasteiger partial charge in [0.2, 0.25) is 5.91 Å². The van der Waals surface area contributed by atoms with Crippen LogP contribution < -0.4 is 11.1 Å². The van der Waals surface area contributed by atoms with E-state index in [1.165, 1.54) is 11.8 Å². The topological polar surface area (TPSA) is 116 Å². The van der Waals surface area contributed by atoms with Crippen molar-refractivity contribution in [3.63, 3.8) is 0 Å². The number of hydrogen-bond donors (Lipinski definition) is 2. The summed E-state index contributed by atoms with van der Waals surface area (Å²) in [6.45, 7) is 8.25. The summed E-state index contributed by atoms with van der Waals surface area (Å²) in [5.74, 6) is 0.981. The van der Waals surface area contributed by atoms with Crippen LogP contribution in [0.4, 0.5) is 4.79 Å². The molecule has 0 spiro atoms. The van der Waals surface area contributed by atoms with Gasteiger partial charge in [-0.3, -0.25) is 10.1 Å². The maximum Gasteiger partial charge on any atom is 0.318 e. The van der Waals surface area contributed by atoms with Gasteiger partial charge in [-0.15, -0.1) is 10.2 Å². The molecule has 8 nitrogen and oxygen atoms in total. The quantitative estimate of drug-likeness (QED) is 0.771. The van der Waals surface area contributed by atoms with Crippen molar-refractivity contribution in [2.45, 2.75) is 44.6 Å². The third-order valence-electron chi connectivity index (χ3n) is 3.48. The molecule has 2 aromatic rings. The molecule has 0 fully saturated rings. The third-order valence-corrected chi connectivity index (χ3v) is 5.00. The number of nitrogens with one attached hydrogen (secondary N) is 1. The number of carbonyl (C=O) groups is 2. The lowest BCUT2D eigenvalue weighted by Crippen LogP contribution is -2.42. The van der Waals surface area contributed by atoms with Crippen LogP contribution in [-0.2, 0) is 11.3 Å². The van der Waals surface area contributed by atoms with E-state index in [1.807, 2.05) is 38.3 Å². The van der Waals surface area contributed by atoms with Crippen LogP contribution in [0.5, 0.6) is 0 Å². The van der Waals surface area contributed by atoms with Crippen LogP contribution in [-0.4, -0.2) is 32.0 Å². The molecule has 9 heteroatoms. The van der Waals surface area contributed by atoms with Crippen LogP contribution in [0.25, 0.3) is 11.4 Å². The summed E-state index contributed by atoms with van der Waals surface area (Å²) in [4.78, 5) is 23.1. The van der Waals surface area contributed by atoms with Crippen LogP contribution in [0.15, 0.2) is 21.9 Å². The molecule has 0 aliphatic carbocycles. The molecular weight excluding hydrogens is 330 g/mol. The van der Waals surface area contributed by atoms with Gasteiger partial charge in [0.25, 0.3) is 0 Å². The molecular formula is C15H21N5O3S. The number of furan rings is 1. The number of hydrogen-bond acceptors (Lipinski definition) is 6. The van der Waals surface area contributed by atoms with Gasteiger partial charge in [0, 0.05) is 6.54 Å². The normalized spacial score (nSPS) is 12.4. The molecule has 3 amide bonds. The van der Waals surface area contributed by atoms with Crippen molar-refractivity contribution in [2.75, 3.05) is 0 Å². The highest BCUT2D eigenvalue weighted by Crippen LogP contribution is 2.31. The Bertz CT molecular complexity index is 737. The molecule has 2 aromatic heterocycles. The van der Waals surface area contributed by atoms with Crippen molar-refractivity contribution in [1.29, 1.82) is 0 Å². The molecule has 0 aliphatic heterocycles. The number of aromatic nitrogens is 3. The fraction of sp³-hybridized carbons (Fsp3) is 0.467. The van der Waals surface area contributed by atoms with E-state index in [9.17, 15) is 9.59 Å². The van der Waals surface area contributed by atoms with E-state index in [1.54, 1.807) is 6.26 Å². The summed E-state index contributed by atoms with van der Waals surface area (Å²) in [6, 6.07) is 0.970. The lowest BCUT2D eigenvalue weighted by molar-refractivity contribution is -0.120. The fourth-order valence-corrected chi connectivity index (χ4v) is 3.37. The van der Waals surface area contributed by atoms with E-state index >= 15 is 0 Å². The number of imide groups is 1. The zero-order valence-electron chi connectivity index (χ0n) is 14.1. The summed E-state index contributed by atoms with van der Waals surface area (Å²) >= 11 is 1.26. The van der Waals surface area contributed by atoms with Gasteiger partial charge in [-0.25, -0.2) is 4.79 Å². The molecule has 0 radical (unpaired) electrons. The second-order valence-corrected chi connectivity index (χ2v) is 6.69. The number of aryl methyl sites for hydroxylation is 1. The molecule has 0 aliphatic rings. The first-order valence-corrected chi connectivity index (χ1v) is 8.47. The van der Waals surface area contributed by atoms with E-state index in [2.05, 4.69) is 15.5 Å². The second-order valence-electron chi connectivity index (χ2n) is 5.58. The number of nitrogens with zero attached hydrogens (tertiary/aromatic N) is 3. The molecule has 1 atom stereocenters. The Kier molecular flexibility index (Phi) is 5.66. The van der Waals surface area contributed by atoms with Gasteiger partial charge in [0.1, 0.15) is 5.76 Å². The Balaban J connectivity index is 2.31. The minimum Gasteiger partial charge on any atom is -0.469 e. The number of primary amides is 1. The first kappa shape index (κ1) is 18.1. The summed E-state index contributed by atoms with van der Waals surface area (Å²) in [7, 11) is 0. The highest BCUT2D eigenvalue weighted by Gasteiger charge is 2.28. The van der Waals surface area contributed by atoms with Crippen LogP contribution in [0.1, 0.15) is 26.5 Å². The van der Waals surface area contributed by atoms with Gasteiger partial charge in [0.15, 0.2) is 11.0 Å². The lowest BCUT2D eigenvalue weighted by Gasteiger charge is -2.18. The monoisotopic (exact) mass is 351 g/mol. The Morgan fingerprint density at radius 3 is 2.62 bits per heavy atom. The van der Waals surface area contributed by atoms with Crippen LogP contribution in [0.2, 0.25) is 0 Å². The SMILES string of the molecule is CCn1c(S[C@@H](C(=O)NC(N)=O)C(C)C)nnc1-c1ccoc1C. The summed E-state index contributed by atoms with van der Waals surface area (Å²) in [5.41, 5.74) is 5.90. The fourth-order valence-electron chi connectivity index (χ4n) is 2.28. The highest BCUT2D eigenvalue weighted by atomic mass is 32.2. The molecule has 0 unspecified atom stereocenters. The molecule has 3 N–H and O–H groups in total. The van der Waals surface area contributed by atoms with Gasteiger partial charge >= 0.3 is 6.03 Å². The van der Waals surface area contributed by atoms with Gasteiger partial charge in [-0.05, 0) is 25.8 Å². The highest BCUT2D eigenvalue weighted by molar-refractivity contribution is 8.00. The molecule has 0 saturated heterocycles. The molecule has 0 saturated carbocycles. The zero-order chi connectivity index (χ0) is 17.9. The first-order chi connectivity index (χ1) is 11.3. The largest absolute Gasteiger partial charge is 0.469 e. The summed E-state index contributed by atoms with van der Waals surface area (Å²) in [5, 5.41) is 10.7. The van der Waals surface area contributed by atoms with E-state index < -0.39 is 17.2 Å². The van der Waals surface area contributed by atoms with E-state index in [-0.39, 0.29) is 5.92 Å². The zero-order valence-corrected chi connectivity index (χ0v) is 14.9. The van der Waals surface area contributed by atoms with Gasteiger partial charge < -0.3 is 14.7 Å². The minimum absolute atomic E-state index is 0.0181. The maximum atomic E-state index is 12.2. The first-order valence-electron chi connectivity index (χ1n) is 7.59. The average molecular weight is 351 g/mol. The summed E-state index contributed by atoms with van der Waals surface area (Å²) < 4.78 is 7.24. The van der Waals surface area contributed by atoms with Crippen molar-refractivity contribution >= 4 is 23.7 Å². The van der Waals surface area contributed by atoms with Crippen molar-refractivity contribution < 1.29 is 14.0 Å². The van der Waals surface area contributed by atoms with Crippen molar-refractivity contribution in [2.24, 2.45) is 11.7 Å². The Labute approximate surface area is 144 Å². The van der Waals surface area contributed by atoms with Crippen LogP contribution in [0.3, 0.4) is 0 Å². The van der Waals surface area contributed by atoms with Gasteiger partial charge in [0.05, 0.1) is 17.1 Å². The molecule has 130 valence electrons. The maximum absolute atomic E-state index is 12.2. The minimum atomic E-state index is -0.863. The molecule has 2 heterocycles. The van der Waals surface area contributed by atoms with Gasteiger partial charge in [-0.1, -0.05) is 25.6 Å². The van der Waals surface area contributed by atoms with E-state index in [0.29, 0.717) is 17.5 Å². The van der Waals surface area contributed by atoms with E-state index in [4.69, 9.17) is 10.2 Å². The third kappa shape index (κ3) is 3.78.